The highest BCUT2D eigenvalue weighted by Crippen LogP contribution is 2.38. The third-order valence-corrected chi connectivity index (χ3v) is 3.30. The average Bonchev–Trinajstić information content (AvgIpc) is 3.04. The second kappa shape index (κ2) is 3.68. The topological polar surface area (TPSA) is 41.6 Å². The summed E-state index contributed by atoms with van der Waals surface area (Å²) in [5.74, 6) is -0.642. The minimum absolute atomic E-state index is 0.0867. The molecule has 1 atom stereocenters. The van der Waals surface area contributed by atoms with Crippen LogP contribution < -0.4 is 5.73 Å². The molecular formula is C12H13F2N3. The van der Waals surface area contributed by atoms with Crippen LogP contribution in [0.4, 0.5) is 8.78 Å². The molecule has 3 rings (SSSR count). The van der Waals surface area contributed by atoms with Gasteiger partial charge in [-0.1, -0.05) is 6.07 Å². The molecule has 5 heteroatoms. The van der Waals surface area contributed by atoms with Gasteiger partial charge in [-0.3, -0.25) is 4.99 Å². The van der Waals surface area contributed by atoms with E-state index in [1.54, 1.807) is 0 Å². The van der Waals surface area contributed by atoms with Crippen LogP contribution in [0.5, 0.6) is 0 Å². The monoisotopic (exact) mass is 237 g/mol. The van der Waals surface area contributed by atoms with Crippen LogP contribution in [0.3, 0.4) is 0 Å². The quantitative estimate of drug-likeness (QED) is 0.852. The highest BCUT2D eigenvalue weighted by molar-refractivity contribution is 5.81. The molecule has 2 N–H and O–H groups in total. The zero-order valence-corrected chi connectivity index (χ0v) is 9.24. The van der Waals surface area contributed by atoms with Crippen LogP contribution in [0, 0.1) is 11.6 Å². The van der Waals surface area contributed by atoms with E-state index in [4.69, 9.17) is 5.73 Å². The van der Waals surface area contributed by atoms with E-state index in [2.05, 4.69) is 4.99 Å². The van der Waals surface area contributed by atoms with Gasteiger partial charge in [0.1, 0.15) is 11.6 Å². The van der Waals surface area contributed by atoms with Crippen LogP contribution in [0.2, 0.25) is 0 Å². The number of hydrogen-bond acceptors (Lipinski definition) is 3. The zero-order chi connectivity index (χ0) is 12.0. The molecule has 1 aromatic rings. The Morgan fingerprint density at radius 1 is 1.24 bits per heavy atom. The zero-order valence-electron chi connectivity index (χ0n) is 9.24. The third-order valence-electron chi connectivity index (χ3n) is 3.30. The van der Waals surface area contributed by atoms with Crippen molar-refractivity contribution in [3.63, 3.8) is 0 Å². The first-order chi connectivity index (χ1) is 8.18. The van der Waals surface area contributed by atoms with Gasteiger partial charge in [-0.15, -0.1) is 0 Å². The van der Waals surface area contributed by atoms with E-state index in [0.717, 1.165) is 12.8 Å². The average molecular weight is 237 g/mol. The smallest absolute Gasteiger partial charge is 0.192 e. The molecule has 0 amide bonds. The second-order valence-corrected chi connectivity index (χ2v) is 4.49. The van der Waals surface area contributed by atoms with Gasteiger partial charge in [-0.2, -0.15) is 0 Å². The Hall–Kier alpha value is -1.65. The lowest BCUT2D eigenvalue weighted by atomic mass is 10.0. The molecule has 0 radical (unpaired) electrons. The molecule has 1 aliphatic carbocycles. The Balaban J connectivity index is 1.99. The van der Waals surface area contributed by atoms with Gasteiger partial charge < -0.3 is 10.6 Å². The van der Waals surface area contributed by atoms with Gasteiger partial charge in [0, 0.05) is 11.6 Å². The highest BCUT2D eigenvalue weighted by atomic mass is 19.1. The van der Waals surface area contributed by atoms with Gasteiger partial charge in [0.15, 0.2) is 5.96 Å². The molecule has 1 fully saturated rings. The van der Waals surface area contributed by atoms with E-state index in [-0.39, 0.29) is 11.6 Å². The number of nitrogens with zero attached hydrogens (tertiary/aromatic N) is 2. The summed E-state index contributed by atoms with van der Waals surface area (Å²) in [7, 11) is 0. The van der Waals surface area contributed by atoms with Crippen molar-refractivity contribution >= 4 is 5.96 Å². The van der Waals surface area contributed by atoms with Crippen molar-refractivity contribution in [1.82, 2.24) is 4.90 Å². The number of rotatable bonds is 2. The van der Waals surface area contributed by atoms with Crippen LogP contribution in [0.1, 0.15) is 24.4 Å². The van der Waals surface area contributed by atoms with E-state index >= 15 is 0 Å². The molecule has 2 aliphatic rings. The van der Waals surface area contributed by atoms with Gasteiger partial charge >= 0.3 is 0 Å². The molecule has 1 heterocycles. The normalized spacial score (nSPS) is 24.0. The maximum absolute atomic E-state index is 13.7. The van der Waals surface area contributed by atoms with Crippen molar-refractivity contribution in [2.75, 3.05) is 6.54 Å². The largest absolute Gasteiger partial charge is 0.370 e. The standard InChI is InChI=1S/C12H13F2N3/c13-8-2-1-3-9(14)11(8)10-6-16-12(15)17(10)7-4-5-7/h1-3,7,10H,4-6H2,(H2,15,16). The molecule has 1 saturated carbocycles. The molecule has 90 valence electrons. The summed E-state index contributed by atoms with van der Waals surface area (Å²) >= 11 is 0. The third kappa shape index (κ3) is 1.66. The fourth-order valence-corrected chi connectivity index (χ4v) is 2.36. The second-order valence-electron chi connectivity index (χ2n) is 4.49. The molecule has 0 aromatic heterocycles. The summed E-state index contributed by atoms with van der Waals surface area (Å²) in [5.41, 5.74) is 5.87. The van der Waals surface area contributed by atoms with Crippen LogP contribution >= 0.6 is 0 Å². The summed E-state index contributed by atoms with van der Waals surface area (Å²) in [5, 5.41) is 0. The van der Waals surface area contributed by atoms with Crippen LogP contribution in [0.15, 0.2) is 23.2 Å². The maximum Gasteiger partial charge on any atom is 0.192 e. The Bertz CT molecular complexity index is 462. The number of nitrogens with two attached hydrogens (primary N) is 1. The molecule has 1 aliphatic heterocycles. The Morgan fingerprint density at radius 2 is 1.88 bits per heavy atom. The molecule has 0 saturated heterocycles. The predicted molar refractivity (Wildman–Crippen MR) is 60.4 cm³/mol. The Labute approximate surface area is 97.9 Å². The van der Waals surface area contributed by atoms with Crippen molar-refractivity contribution < 1.29 is 8.78 Å². The van der Waals surface area contributed by atoms with Crippen LogP contribution in [-0.2, 0) is 0 Å². The summed E-state index contributed by atoms with van der Waals surface area (Å²) < 4.78 is 27.5. The van der Waals surface area contributed by atoms with Gasteiger partial charge in [-0.25, -0.2) is 8.78 Å². The van der Waals surface area contributed by atoms with E-state index in [1.165, 1.54) is 18.2 Å². The van der Waals surface area contributed by atoms with Crippen molar-refractivity contribution in [3.05, 3.63) is 35.4 Å². The maximum atomic E-state index is 13.7. The molecule has 1 unspecified atom stereocenters. The highest BCUT2D eigenvalue weighted by Gasteiger charge is 2.40. The van der Waals surface area contributed by atoms with Crippen molar-refractivity contribution in [3.8, 4) is 0 Å². The van der Waals surface area contributed by atoms with Crippen LogP contribution in [-0.4, -0.2) is 23.4 Å². The molecule has 1 aromatic carbocycles. The van der Waals surface area contributed by atoms with E-state index in [1.807, 2.05) is 4.90 Å². The number of aliphatic imine (C=N–C) groups is 1. The SMILES string of the molecule is NC1=NCC(c2c(F)cccc2F)N1C1CC1. The summed E-state index contributed by atoms with van der Waals surface area (Å²) in [6.07, 6.45) is 2.03. The molecule has 3 nitrogen and oxygen atoms in total. The summed E-state index contributed by atoms with van der Waals surface area (Å²) in [6.45, 7) is 0.334. The van der Waals surface area contributed by atoms with Crippen molar-refractivity contribution in [2.45, 2.75) is 24.9 Å². The number of halogens is 2. The fraction of sp³-hybridized carbons (Fsp3) is 0.417. The Kier molecular flexibility index (Phi) is 2.28. The number of benzene rings is 1. The number of hydrogen-bond donors (Lipinski definition) is 1. The predicted octanol–water partition coefficient (Wildman–Crippen LogP) is 1.80. The molecule has 0 bridgehead atoms. The lowest BCUT2D eigenvalue weighted by Gasteiger charge is -2.26. The van der Waals surface area contributed by atoms with Gasteiger partial charge in [-0.05, 0) is 25.0 Å². The molecule has 17 heavy (non-hydrogen) atoms. The van der Waals surface area contributed by atoms with E-state index < -0.39 is 11.6 Å². The van der Waals surface area contributed by atoms with Gasteiger partial charge in [0.25, 0.3) is 0 Å². The summed E-state index contributed by atoms with van der Waals surface area (Å²) in [6, 6.07) is 3.83. The van der Waals surface area contributed by atoms with Crippen molar-refractivity contribution in [2.24, 2.45) is 10.7 Å². The van der Waals surface area contributed by atoms with Crippen molar-refractivity contribution in [1.29, 1.82) is 0 Å². The molecular weight excluding hydrogens is 224 g/mol. The van der Waals surface area contributed by atoms with E-state index in [9.17, 15) is 8.78 Å². The number of guanidine groups is 1. The first-order valence-corrected chi connectivity index (χ1v) is 5.70. The minimum atomic E-state index is -0.523. The minimum Gasteiger partial charge on any atom is -0.370 e. The summed E-state index contributed by atoms with van der Waals surface area (Å²) in [4.78, 5) is 5.95. The van der Waals surface area contributed by atoms with E-state index in [0.29, 0.717) is 18.5 Å². The Morgan fingerprint density at radius 3 is 2.47 bits per heavy atom. The van der Waals surface area contributed by atoms with Crippen LogP contribution in [0.25, 0.3) is 0 Å². The molecule has 0 spiro atoms. The van der Waals surface area contributed by atoms with Gasteiger partial charge in [0.2, 0.25) is 0 Å². The lowest BCUT2D eigenvalue weighted by Crippen LogP contribution is -2.38. The first kappa shape index (κ1) is 10.5. The lowest BCUT2D eigenvalue weighted by molar-refractivity contribution is 0.320. The first-order valence-electron chi connectivity index (χ1n) is 5.70. The fourth-order valence-electron chi connectivity index (χ4n) is 2.36. The van der Waals surface area contributed by atoms with Gasteiger partial charge in [0.05, 0.1) is 12.6 Å².